The number of hydrogen-bond donors (Lipinski definition) is 2. The van der Waals surface area contributed by atoms with Crippen molar-refractivity contribution < 1.29 is 9.90 Å². The van der Waals surface area contributed by atoms with Crippen molar-refractivity contribution in [2.45, 2.75) is 39.8 Å². The summed E-state index contributed by atoms with van der Waals surface area (Å²) in [6.45, 7) is 5.19. The molecule has 7 nitrogen and oxygen atoms in total. The van der Waals surface area contributed by atoms with E-state index in [0.29, 0.717) is 17.4 Å². The van der Waals surface area contributed by atoms with Gasteiger partial charge < -0.3 is 10.4 Å². The van der Waals surface area contributed by atoms with Gasteiger partial charge in [-0.15, -0.1) is 11.3 Å². The Morgan fingerprint density at radius 3 is 2.73 bits per heavy atom. The van der Waals surface area contributed by atoms with Gasteiger partial charge >= 0.3 is 11.7 Å². The molecule has 2 rings (SSSR count). The Bertz CT molecular complexity index is 818. The molecule has 1 amide bonds. The lowest BCUT2D eigenvalue weighted by Crippen LogP contribution is -2.47. The van der Waals surface area contributed by atoms with Crippen molar-refractivity contribution in [3.63, 3.8) is 0 Å². The number of thiophene rings is 1. The van der Waals surface area contributed by atoms with Crippen LogP contribution < -0.4 is 16.6 Å². The van der Waals surface area contributed by atoms with Gasteiger partial charge in [-0.05, 0) is 25.8 Å². The molecule has 0 fully saturated rings. The van der Waals surface area contributed by atoms with Crippen molar-refractivity contribution in [1.29, 1.82) is 0 Å². The van der Waals surface area contributed by atoms with Crippen LogP contribution in [0.2, 0.25) is 0 Å². The van der Waals surface area contributed by atoms with Crippen LogP contribution >= 0.6 is 11.3 Å². The van der Waals surface area contributed by atoms with E-state index in [1.807, 2.05) is 6.92 Å². The number of carbonyl (C=O) groups excluding carboxylic acids is 1. The number of carbonyl (C=O) groups is 1. The summed E-state index contributed by atoms with van der Waals surface area (Å²) in [5.41, 5.74) is -0.444. The minimum Gasteiger partial charge on any atom is -0.394 e. The van der Waals surface area contributed by atoms with Crippen LogP contribution in [0.4, 0.5) is 4.79 Å². The van der Waals surface area contributed by atoms with Crippen LogP contribution in [0.25, 0.3) is 10.2 Å². The highest BCUT2D eigenvalue weighted by molar-refractivity contribution is 7.16. The fraction of sp³-hybridized carbons (Fsp3) is 0.500. The smallest absolute Gasteiger partial charge is 0.340 e. The number of amides is 1. The first-order valence-electron chi connectivity index (χ1n) is 7.00. The van der Waals surface area contributed by atoms with Gasteiger partial charge in [-0.25, -0.2) is 14.2 Å². The molecule has 0 bridgehead atoms. The van der Waals surface area contributed by atoms with Gasteiger partial charge in [-0.1, -0.05) is 6.92 Å². The van der Waals surface area contributed by atoms with Gasteiger partial charge in [0.05, 0.1) is 23.4 Å². The van der Waals surface area contributed by atoms with E-state index in [1.165, 1.54) is 0 Å². The van der Waals surface area contributed by atoms with Crippen LogP contribution in [0.15, 0.2) is 9.59 Å². The molecule has 2 aromatic heterocycles. The molecule has 2 heterocycles. The van der Waals surface area contributed by atoms with Crippen LogP contribution in [-0.4, -0.2) is 32.9 Å². The maximum atomic E-state index is 12.5. The third kappa shape index (κ3) is 2.71. The number of hydrogen-bond acceptors (Lipinski definition) is 5. The molecule has 0 saturated heterocycles. The molecule has 2 aromatic rings. The lowest BCUT2D eigenvalue weighted by atomic mass is 10.2. The SMILES string of the molecule is CCCn1c(=O)c2c(C)[c]sc2n(C(=O)N[C@H](C)CO)c1=O. The van der Waals surface area contributed by atoms with E-state index in [-0.39, 0.29) is 18.0 Å². The monoisotopic (exact) mass is 324 g/mol. The summed E-state index contributed by atoms with van der Waals surface area (Å²) in [5, 5.41) is 14.8. The summed E-state index contributed by atoms with van der Waals surface area (Å²) in [6, 6.07) is -1.15. The highest BCUT2D eigenvalue weighted by Crippen LogP contribution is 2.20. The number of nitrogens with zero attached hydrogens (tertiary/aromatic N) is 2. The molecule has 8 heteroatoms. The predicted octanol–water partition coefficient (Wildman–Crippen LogP) is 0.682. The zero-order chi connectivity index (χ0) is 16.4. The Labute approximate surface area is 130 Å². The number of fused-ring (bicyclic) bond motifs is 1. The van der Waals surface area contributed by atoms with Crippen molar-refractivity contribution in [3.8, 4) is 0 Å². The Morgan fingerprint density at radius 2 is 2.14 bits per heavy atom. The third-order valence-corrected chi connectivity index (χ3v) is 4.26. The number of aliphatic hydroxyl groups excluding tert-OH is 1. The second kappa shape index (κ2) is 6.45. The minimum absolute atomic E-state index is 0.242. The number of aromatic nitrogens is 2. The molecule has 2 N–H and O–H groups in total. The van der Waals surface area contributed by atoms with Gasteiger partial charge in [-0.3, -0.25) is 9.36 Å². The second-order valence-electron chi connectivity index (χ2n) is 5.12. The Kier molecular flexibility index (Phi) is 4.82. The number of rotatable bonds is 4. The first-order chi connectivity index (χ1) is 10.4. The normalized spacial score (nSPS) is 12.5. The van der Waals surface area contributed by atoms with Crippen LogP contribution in [-0.2, 0) is 6.54 Å². The lowest BCUT2D eigenvalue weighted by Gasteiger charge is -2.14. The summed E-state index contributed by atoms with van der Waals surface area (Å²) >= 11 is 1.06. The van der Waals surface area contributed by atoms with Crippen LogP contribution in [0, 0.1) is 12.3 Å². The molecular formula is C14H18N3O4S. The van der Waals surface area contributed by atoms with Gasteiger partial charge in [0.2, 0.25) is 0 Å². The van der Waals surface area contributed by atoms with E-state index in [2.05, 4.69) is 10.7 Å². The summed E-state index contributed by atoms with van der Waals surface area (Å²) in [5.74, 6) is 0. The molecule has 0 aliphatic heterocycles. The minimum atomic E-state index is -0.669. The van der Waals surface area contributed by atoms with E-state index in [1.54, 1.807) is 13.8 Å². The molecule has 1 atom stereocenters. The van der Waals surface area contributed by atoms with E-state index in [0.717, 1.165) is 20.5 Å². The molecule has 0 spiro atoms. The van der Waals surface area contributed by atoms with Gasteiger partial charge in [0.25, 0.3) is 5.56 Å². The van der Waals surface area contributed by atoms with Gasteiger partial charge in [-0.2, -0.15) is 0 Å². The highest BCUT2D eigenvalue weighted by Gasteiger charge is 2.21. The molecular weight excluding hydrogens is 306 g/mol. The van der Waals surface area contributed by atoms with Crippen molar-refractivity contribution in [1.82, 2.24) is 14.5 Å². The number of aliphatic hydroxyl groups is 1. The Morgan fingerprint density at radius 1 is 1.45 bits per heavy atom. The molecule has 0 aromatic carbocycles. The summed E-state index contributed by atoms with van der Waals surface area (Å²) < 4.78 is 2.02. The molecule has 0 aliphatic rings. The lowest BCUT2D eigenvalue weighted by molar-refractivity contribution is 0.221. The zero-order valence-corrected chi connectivity index (χ0v) is 13.5. The van der Waals surface area contributed by atoms with Crippen LogP contribution in [0.1, 0.15) is 25.8 Å². The summed E-state index contributed by atoms with van der Waals surface area (Å²) in [6.07, 6.45) is 0.599. The van der Waals surface area contributed by atoms with Gasteiger partial charge in [0, 0.05) is 6.54 Å². The topological polar surface area (TPSA) is 93.3 Å². The average molecular weight is 324 g/mol. The zero-order valence-electron chi connectivity index (χ0n) is 12.7. The maximum absolute atomic E-state index is 12.5. The average Bonchev–Trinajstić information content (AvgIpc) is 2.85. The fourth-order valence-electron chi connectivity index (χ4n) is 2.15. The Hall–Kier alpha value is -1.93. The van der Waals surface area contributed by atoms with Crippen molar-refractivity contribution in [2.75, 3.05) is 6.61 Å². The van der Waals surface area contributed by atoms with Gasteiger partial charge in [0.1, 0.15) is 4.83 Å². The quantitative estimate of drug-likeness (QED) is 0.865. The molecule has 0 unspecified atom stereocenters. The fourth-order valence-corrected chi connectivity index (χ4v) is 3.09. The highest BCUT2D eigenvalue weighted by atomic mass is 32.1. The predicted molar refractivity (Wildman–Crippen MR) is 84.7 cm³/mol. The van der Waals surface area contributed by atoms with Crippen molar-refractivity contribution >= 4 is 27.6 Å². The van der Waals surface area contributed by atoms with E-state index in [4.69, 9.17) is 5.11 Å². The van der Waals surface area contributed by atoms with Crippen molar-refractivity contribution in [2.24, 2.45) is 0 Å². The molecule has 119 valence electrons. The molecule has 1 radical (unpaired) electrons. The van der Waals surface area contributed by atoms with Crippen molar-refractivity contribution in [3.05, 3.63) is 31.8 Å². The third-order valence-electron chi connectivity index (χ3n) is 3.27. The second-order valence-corrected chi connectivity index (χ2v) is 5.91. The maximum Gasteiger partial charge on any atom is 0.340 e. The first-order valence-corrected chi connectivity index (χ1v) is 7.82. The Balaban J connectivity index is 2.75. The standard InChI is InChI=1S/C14H18N3O4S/c1-4-5-16-11(19)10-8(2)7-22-12(10)17(14(16)21)13(20)15-9(3)6-18/h9,18H,4-6H2,1-3H3,(H,15,20)/t9-/m1/s1. The molecule has 0 saturated carbocycles. The van der Waals surface area contributed by atoms with Gasteiger partial charge in [0.15, 0.2) is 0 Å². The summed E-state index contributed by atoms with van der Waals surface area (Å²) in [7, 11) is 0. The summed E-state index contributed by atoms with van der Waals surface area (Å²) in [4.78, 5) is 37.6. The largest absolute Gasteiger partial charge is 0.394 e. The van der Waals surface area contributed by atoms with Crippen LogP contribution in [0.5, 0.6) is 0 Å². The molecule has 0 aliphatic carbocycles. The van der Waals surface area contributed by atoms with E-state index in [9.17, 15) is 14.4 Å². The number of nitrogens with one attached hydrogen (secondary N) is 1. The van der Waals surface area contributed by atoms with E-state index < -0.39 is 23.3 Å². The molecule has 22 heavy (non-hydrogen) atoms. The van der Waals surface area contributed by atoms with Crippen LogP contribution in [0.3, 0.4) is 0 Å². The van der Waals surface area contributed by atoms with E-state index >= 15 is 0 Å². The number of aryl methyl sites for hydroxylation is 1. The first kappa shape index (κ1) is 16.4.